The van der Waals surface area contributed by atoms with E-state index in [2.05, 4.69) is 36.6 Å². The Bertz CT molecular complexity index is 605. The van der Waals surface area contributed by atoms with Gasteiger partial charge in [0.15, 0.2) is 5.11 Å². The Labute approximate surface area is 125 Å². The van der Waals surface area contributed by atoms with E-state index in [9.17, 15) is 0 Å². The molecule has 4 heteroatoms. The molecule has 2 rings (SSSR count). The van der Waals surface area contributed by atoms with Gasteiger partial charge in [0.05, 0.1) is 12.8 Å². The first kappa shape index (κ1) is 14.3. The second-order valence-electron chi connectivity index (χ2n) is 4.55. The second-order valence-corrected chi connectivity index (χ2v) is 4.95. The van der Waals surface area contributed by atoms with E-state index in [0.717, 1.165) is 28.3 Å². The summed E-state index contributed by atoms with van der Waals surface area (Å²) in [6.45, 7) is 4.11. The minimum atomic E-state index is 0.548. The first-order chi connectivity index (χ1) is 9.61. The largest absolute Gasteiger partial charge is 0.495 e. The average molecular weight is 286 g/mol. The fourth-order valence-electron chi connectivity index (χ4n) is 2.03. The van der Waals surface area contributed by atoms with Crippen molar-refractivity contribution in [1.82, 2.24) is 0 Å². The normalized spacial score (nSPS) is 9.95. The Morgan fingerprint density at radius 3 is 2.25 bits per heavy atom. The Balaban J connectivity index is 2.13. The third-order valence-corrected chi connectivity index (χ3v) is 3.28. The van der Waals surface area contributed by atoms with Crippen molar-refractivity contribution in [3.63, 3.8) is 0 Å². The molecule has 3 nitrogen and oxygen atoms in total. The Hall–Kier alpha value is -2.07. The SMILES string of the molecule is COc1ccccc1NC(=S)Nc1c(C)cccc1C. The lowest BCUT2D eigenvalue weighted by Crippen LogP contribution is -2.20. The first-order valence-corrected chi connectivity index (χ1v) is 6.80. The van der Waals surface area contributed by atoms with Gasteiger partial charge in [0, 0.05) is 5.69 Å². The quantitative estimate of drug-likeness (QED) is 0.832. The van der Waals surface area contributed by atoms with Crippen LogP contribution in [0.25, 0.3) is 0 Å². The van der Waals surface area contributed by atoms with Gasteiger partial charge in [0.2, 0.25) is 0 Å². The number of thiocarbonyl (C=S) groups is 1. The summed E-state index contributed by atoms with van der Waals surface area (Å²) in [5.74, 6) is 0.762. The molecular weight excluding hydrogens is 268 g/mol. The monoisotopic (exact) mass is 286 g/mol. The highest BCUT2D eigenvalue weighted by molar-refractivity contribution is 7.80. The van der Waals surface area contributed by atoms with Crippen molar-refractivity contribution in [3.8, 4) is 5.75 Å². The molecule has 104 valence electrons. The molecule has 0 aliphatic rings. The zero-order valence-corrected chi connectivity index (χ0v) is 12.7. The summed E-state index contributed by atoms with van der Waals surface area (Å²) in [4.78, 5) is 0. The molecule has 0 bridgehead atoms. The fourth-order valence-corrected chi connectivity index (χ4v) is 2.24. The Morgan fingerprint density at radius 1 is 0.950 bits per heavy atom. The lowest BCUT2D eigenvalue weighted by molar-refractivity contribution is 0.417. The summed E-state index contributed by atoms with van der Waals surface area (Å²) >= 11 is 5.37. The molecule has 0 saturated carbocycles. The van der Waals surface area contributed by atoms with E-state index >= 15 is 0 Å². The van der Waals surface area contributed by atoms with Crippen LogP contribution in [-0.4, -0.2) is 12.2 Å². The van der Waals surface area contributed by atoms with E-state index in [1.807, 2.05) is 30.3 Å². The van der Waals surface area contributed by atoms with Crippen LogP contribution in [0, 0.1) is 13.8 Å². The van der Waals surface area contributed by atoms with Gasteiger partial charge in [0.1, 0.15) is 5.75 Å². The molecular formula is C16H18N2OS. The zero-order chi connectivity index (χ0) is 14.5. The van der Waals surface area contributed by atoms with Crippen molar-refractivity contribution in [3.05, 3.63) is 53.6 Å². The number of aryl methyl sites for hydroxylation is 2. The molecule has 0 aromatic heterocycles. The van der Waals surface area contributed by atoms with Crippen molar-refractivity contribution >= 4 is 28.7 Å². The fraction of sp³-hybridized carbons (Fsp3) is 0.188. The van der Waals surface area contributed by atoms with Gasteiger partial charge in [-0.25, -0.2) is 0 Å². The molecule has 2 aromatic carbocycles. The lowest BCUT2D eigenvalue weighted by Gasteiger charge is -2.16. The molecule has 0 heterocycles. The van der Waals surface area contributed by atoms with E-state index in [-0.39, 0.29) is 0 Å². The number of rotatable bonds is 3. The van der Waals surface area contributed by atoms with Gasteiger partial charge in [-0.1, -0.05) is 30.3 Å². The van der Waals surface area contributed by atoms with E-state index in [0.29, 0.717) is 5.11 Å². The summed E-state index contributed by atoms with van der Waals surface area (Å²) < 4.78 is 5.29. The van der Waals surface area contributed by atoms with Crippen LogP contribution in [0.1, 0.15) is 11.1 Å². The van der Waals surface area contributed by atoms with Crippen LogP contribution in [-0.2, 0) is 0 Å². The standard InChI is InChI=1S/C16H18N2OS/c1-11-7-6-8-12(2)15(11)18-16(20)17-13-9-4-5-10-14(13)19-3/h4-10H,1-3H3,(H2,17,18,20). The van der Waals surface area contributed by atoms with Crippen LogP contribution in [0.5, 0.6) is 5.75 Å². The second kappa shape index (κ2) is 6.39. The van der Waals surface area contributed by atoms with Gasteiger partial charge >= 0.3 is 0 Å². The molecule has 0 aliphatic heterocycles. The number of hydrogen-bond donors (Lipinski definition) is 2. The third kappa shape index (κ3) is 3.27. The molecule has 0 saturated heterocycles. The van der Waals surface area contributed by atoms with Crippen LogP contribution in [0.4, 0.5) is 11.4 Å². The highest BCUT2D eigenvalue weighted by Gasteiger charge is 2.07. The number of hydrogen-bond acceptors (Lipinski definition) is 2. The Morgan fingerprint density at radius 2 is 1.60 bits per heavy atom. The van der Waals surface area contributed by atoms with Crippen LogP contribution in [0.15, 0.2) is 42.5 Å². The zero-order valence-electron chi connectivity index (χ0n) is 11.9. The summed E-state index contributed by atoms with van der Waals surface area (Å²) in [5.41, 5.74) is 4.21. The molecule has 0 amide bonds. The Kier molecular flexibility index (Phi) is 4.58. The molecule has 2 aromatic rings. The number of methoxy groups -OCH3 is 1. The molecule has 0 fully saturated rings. The van der Waals surface area contributed by atoms with Crippen LogP contribution in [0.2, 0.25) is 0 Å². The minimum absolute atomic E-state index is 0.548. The van der Waals surface area contributed by atoms with Gasteiger partial charge in [-0.2, -0.15) is 0 Å². The predicted octanol–water partition coefficient (Wildman–Crippen LogP) is 4.12. The maximum Gasteiger partial charge on any atom is 0.175 e. The number of nitrogens with one attached hydrogen (secondary N) is 2. The molecule has 2 N–H and O–H groups in total. The number of ether oxygens (including phenoxy) is 1. The van der Waals surface area contributed by atoms with Crippen LogP contribution >= 0.6 is 12.2 Å². The van der Waals surface area contributed by atoms with Gasteiger partial charge in [-0.15, -0.1) is 0 Å². The van der Waals surface area contributed by atoms with E-state index < -0.39 is 0 Å². The highest BCUT2D eigenvalue weighted by atomic mass is 32.1. The minimum Gasteiger partial charge on any atom is -0.495 e. The smallest absolute Gasteiger partial charge is 0.175 e. The van der Waals surface area contributed by atoms with Gasteiger partial charge in [-0.3, -0.25) is 0 Å². The topological polar surface area (TPSA) is 33.3 Å². The van der Waals surface area contributed by atoms with E-state index in [4.69, 9.17) is 17.0 Å². The van der Waals surface area contributed by atoms with Gasteiger partial charge in [-0.05, 0) is 49.3 Å². The van der Waals surface area contributed by atoms with Gasteiger partial charge in [0.25, 0.3) is 0 Å². The molecule has 0 aliphatic carbocycles. The van der Waals surface area contributed by atoms with Crippen molar-refractivity contribution in [2.24, 2.45) is 0 Å². The summed E-state index contributed by atoms with van der Waals surface area (Å²) in [5, 5.41) is 6.95. The van der Waals surface area contributed by atoms with Gasteiger partial charge < -0.3 is 15.4 Å². The molecule has 20 heavy (non-hydrogen) atoms. The maximum absolute atomic E-state index is 5.37. The average Bonchev–Trinajstić information content (AvgIpc) is 2.44. The van der Waals surface area contributed by atoms with Crippen LogP contribution in [0.3, 0.4) is 0 Å². The van der Waals surface area contributed by atoms with E-state index in [1.54, 1.807) is 7.11 Å². The third-order valence-electron chi connectivity index (χ3n) is 3.07. The summed E-state index contributed by atoms with van der Waals surface area (Å²) in [6.07, 6.45) is 0. The van der Waals surface area contributed by atoms with Crippen molar-refractivity contribution in [2.45, 2.75) is 13.8 Å². The van der Waals surface area contributed by atoms with Crippen molar-refractivity contribution < 1.29 is 4.74 Å². The van der Waals surface area contributed by atoms with E-state index in [1.165, 1.54) is 0 Å². The molecule has 0 unspecified atom stereocenters. The van der Waals surface area contributed by atoms with Crippen molar-refractivity contribution in [1.29, 1.82) is 0 Å². The first-order valence-electron chi connectivity index (χ1n) is 6.39. The summed E-state index contributed by atoms with van der Waals surface area (Å²) in [6, 6.07) is 13.8. The molecule has 0 atom stereocenters. The summed E-state index contributed by atoms with van der Waals surface area (Å²) in [7, 11) is 1.64. The maximum atomic E-state index is 5.37. The highest BCUT2D eigenvalue weighted by Crippen LogP contribution is 2.24. The number of para-hydroxylation sites is 3. The van der Waals surface area contributed by atoms with Crippen LogP contribution < -0.4 is 15.4 Å². The number of benzene rings is 2. The van der Waals surface area contributed by atoms with Crippen molar-refractivity contribution in [2.75, 3.05) is 17.7 Å². The molecule has 0 spiro atoms. The molecule has 0 radical (unpaired) electrons. The predicted molar refractivity (Wildman–Crippen MR) is 88.8 cm³/mol. The number of anilines is 2. The lowest BCUT2D eigenvalue weighted by atomic mass is 10.1.